The van der Waals surface area contributed by atoms with E-state index in [2.05, 4.69) is 11.4 Å². The minimum absolute atomic E-state index is 0.00860. The SMILES string of the molecule is CCOC(=O)c1ccc(NC(=O)N(CC(=O)N(Cc2ccccc2)Cc2sccc2C)C2CC2)cc1. The van der Waals surface area contributed by atoms with Crippen LogP contribution in [0.3, 0.4) is 0 Å². The van der Waals surface area contributed by atoms with Gasteiger partial charge in [-0.2, -0.15) is 0 Å². The van der Waals surface area contributed by atoms with Gasteiger partial charge in [-0.15, -0.1) is 11.3 Å². The van der Waals surface area contributed by atoms with Crippen LogP contribution in [0.25, 0.3) is 0 Å². The summed E-state index contributed by atoms with van der Waals surface area (Å²) in [5.74, 6) is -0.494. The molecule has 4 rings (SSSR count). The number of carbonyl (C=O) groups excluding carboxylic acids is 3. The summed E-state index contributed by atoms with van der Waals surface area (Å²) in [5, 5.41) is 4.91. The lowest BCUT2D eigenvalue weighted by atomic mass is 10.2. The maximum Gasteiger partial charge on any atom is 0.338 e. The maximum absolute atomic E-state index is 13.5. The molecule has 0 spiro atoms. The highest BCUT2D eigenvalue weighted by Crippen LogP contribution is 2.28. The number of thiophene rings is 1. The minimum atomic E-state index is -0.403. The van der Waals surface area contributed by atoms with E-state index in [1.54, 1.807) is 47.4 Å². The normalized spacial score (nSPS) is 12.6. The summed E-state index contributed by atoms with van der Waals surface area (Å²) in [4.78, 5) is 43.1. The molecule has 1 saturated carbocycles. The van der Waals surface area contributed by atoms with Crippen molar-refractivity contribution >= 4 is 34.9 Å². The number of ether oxygens (including phenoxy) is 1. The first kappa shape index (κ1) is 25.4. The summed E-state index contributed by atoms with van der Waals surface area (Å²) in [7, 11) is 0. The number of amides is 3. The highest BCUT2D eigenvalue weighted by molar-refractivity contribution is 7.10. The molecular formula is C28H31N3O4S. The van der Waals surface area contributed by atoms with Gasteiger partial charge in [0.2, 0.25) is 5.91 Å². The fourth-order valence-corrected chi connectivity index (χ4v) is 4.79. The average Bonchev–Trinajstić information content (AvgIpc) is 3.64. The second-order valence-electron chi connectivity index (χ2n) is 8.85. The van der Waals surface area contributed by atoms with E-state index in [1.807, 2.05) is 47.5 Å². The van der Waals surface area contributed by atoms with Crippen LogP contribution in [0, 0.1) is 6.92 Å². The molecule has 1 aliphatic rings. The predicted octanol–water partition coefficient (Wildman–Crippen LogP) is 5.46. The Morgan fingerprint density at radius 1 is 1.00 bits per heavy atom. The Hall–Kier alpha value is -3.65. The van der Waals surface area contributed by atoms with Crippen LogP contribution >= 0.6 is 11.3 Å². The number of aryl methyl sites for hydroxylation is 1. The molecule has 0 saturated heterocycles. The van der Waals surface area contributed by atoms with Crippen LogP contribution in [-0.2, 0) is 22.6 Å². The molecule has 36 heavy (non-hydrogen) atoms. The first-order chi connectivity index (χ1) is 17.4. The highest BCUT2D eigenvalue weighted by atomic mass is 32.1. The lowest BCUT2D eigenvalue weighted by molar-refractivity contribution is -0.133. The molecule has 1 aliphatic carbocycles. The van der Waals surface area contributed by atoms with Gasteiger partial charge in [0.05, 0.1) is 18.7 Å². The lowest BCUT2D eigenvalue weighted by Crippen LogP contribution is -2.45. The maximum atomic E-state index is 13.5. The van der Waals surface area contributed by atoms with Crippen molar-refractivity contribution in [3.63, 3.8) is 0 Å². The third-order valence-electron chi connectivity index (χ3n) is 6.07. The van der Waals surface area contributed by atoms with Crippen molar-refractivity contribution in [1.82, 2.24) is 9.80 Å². The zero-order valence-electron chi connectivity index (χ0n) is 20.6. The van der Waals surface area contributed by atoms with Crippen molar-refractivity contribution in [2.75, 3.05) is 18.5 Å². The van der Waals surface area contributed by atoms with Crippen LogP contribution < -0.4 is 5.32 Å². The minimum Gasteiger partial charge on any atom is -0.462 e. The quantitative estimate of drug-likeness (QED) is 0.371. The summed E-state index contributed by atoms with van der Waals surface area (Å²) >= 11 is 1.64. The predicted molar refractivity (Wildman–Crippen MR) is 141 cm³/mol. The Labute approximate surface area is 215 Å². The average molecular weight is 506 g/mol. The summed E-state index contributed by atoms with van der Waals surface area (Å²) in [6.07, 6.45) is 1.76. The van der Waals surface area contributed by atoms with Gasteiger partial charge in [-0.3, -0.25) is 4.79 Å². The molecule has 0 atom stereocenters. The van der Waals surface area contributed by atoms with Gasteiger partial charge in [-0.25, -0.2) is 9.59 Å². The van der Waals surface area contributed by atoms with E-state index >= 15 is 0 Å². The van der Waals surface area contributed by atoms with E-state index in [-0.39, 0.29) is 24.5 Å². The van der Waals surface area contributed by atoms with Crippen molar-refractivity contribution in [3.05, 3.63) is 87.6 Å². The molecule has 2 aromatic carbocycles. The molecular weight excluding hydrogens is 474 g/mol. The van der Waals surface area contributed by atoms with Crippen LogP contribution in [0.1, 0.15) is 46.1 Å². The molecule has 188 valence electrons. The molecule has 1 fully saturated rings. The first-order valence-corrected chi connectivity index (χ1v) is 13.0. The monoisotopic (exact) mass is 505 g/mol. The fraction of sp³-hybridized carbons (Fsp3) is 0.321. The number of benzene rings is 2. The molecule has 0 aliphatic heterocycles. The number of urea groups is 1. The van der Waals surface area contributed by atoms with Crippen LogP contribution in [0.5, 0.6) is 0 Å². The molecule has 0 unspecified atom stereocenters. The van der Waals surface area contributed by atoms with Crippen molar-refractivity contribution in [1.29, 1.82) is 0 Å². The Bertz CT molecular complexity index is 1190. The van der Waals surface area contributed by atoms with Crippen molar-refractivity contribution < 1.29 is 19.1 Å². The van der Waals surface area contributed by atoms with Crippen molar-refractivity contribution in [3.8, 4) is 0 Å². The van der Waals surface area contributed by atoms with E-state index in [4.69, 9.17) is 4.74 Å². The summed E-state index contributed by atoms with van der Waals surface area (Å²) in [6.45, 7) is 5.10. The second kappa shape index (κ2) is 11.9. The van der Waals surface area contributed by atoms with E-state index in [0.717, 1.165) is 28.8 Å². The molecule has 1 heterocycles. The fourth-order valence-electron chi connectivity index (χ4n) is 3.87. The number of hydrogen-bond acceptors (Lipinski definition) is 5. The van der Waals surface area contributed by atoms with Gasteiger partial charge in [0.15, 0.2) is 0 Å². The highest BCUT2D eigenvalue weighted by Gasteiger charge is 2.35. The van der Waals surface area contributed by atoms with Crippen molar-refractivity contribution in [2.24, 2.45) is 0 Å². The van der Waals surface area contributed by atoms with E-state index in [0.29, 0.717) is 30.9 Å². The standard InChI is InChI=1S/C28H31N3O4S/c1-3-35-27(33)22-9-11-23(12-10-22)29-28(34)31(24-13-14-24)19-26(32)30(17-21-7-5-4-6-8-21)18-25-20(2)15-16-36-25/h4-12,15-16,24H,3,13-14,17-19H2,1-2H3,(H,29,34). The van der Waals surface area contributed by atoms with Gasteiger partial charge in [0, 0.05) is 23.2 Å². The number of anilines is 1. The number of carbonyl (C=O) groups is 3. The van der Waals surface area contributed by atoms with Crippen molar-refractivity contribution in [2.45, 2.75) is 45.8 Å². The number of rotatable bonds is 10. The first-order valence-electron chi connectivity index (χ1n) is 12.1. The molecule has 0 bridgehead atoms. The molecule has 3 amide bonds. The number of esters is 1. The molecule has 1 N–H and O–H groups in total. The zero-order chi connectivity index (χ0) is 25.5. The zero-order valence-corrected chi connectivity index (χ0v) is 21.4. The third kappa shape index (κ3) is 6.73. The van der Waals surface area contributed by atoms with Gasteiger partial charge in [0.25, 0.3) is 0 Å². The van der Waals surface area contributed by atoms with Crippen LogP contribution in [0.15, 0.2) is 66.0 Å². The van der Waals surface area contributed by atoms with Crippen LogP contribution in [0.4, 0.5) is 10.5 Å². The van der Waals surface area contributed by atoms with Gasteiger partial charge in [0.1, 0.15) is 6.54 Å². The van der Waals surface area contributed by atoms with Gasteiger partial charge >= 0.3 is 12.0 Å². The Kier molecular flexibility index (Phi) is 8.38. The molecule has 1 aromatic heterocycles. The van der Waals surface area contributed by atoms with Gasteiger partial charge in [-0.05, 0) is 73.5 Å². The summed E-state index contributed by atoms with van der Waals surface area (Å²) in [5.41, 5.74) is 3.18. The summed E-state index contributed by atoms with van der Waals surface area (Å²) < 4.78 is 5.00. The van der Waals surface area contributed by atoms with E-state index < -0.39 is 5.97 Å². The molecule has 8 heteroatoms. The third-order valence-corrected chi connectivity index (χ3v) is 7.08. The molecule has 0 radical (unpaired) electrons. The Morgan fingerprint density at radius 3 is 2.33 bits per heavy atom. The molecule has 3 aromatic rings. The summed E-state index contributed by atoms with van der Waals surface area (Å²) in [6, 6.07) is 18.3. The smallest absolute Gasteiger partial charge is 0.338 e. The van der Waals surface area contributed by atoms with E-state index in [9.17, 15) is 14.4 Å². The van der Waals surface area contributed by atoms with Gasteiger partial charge < -0.3 is 19.9 Å². The number of nitrogens with one attached hydrogen (secondary N) is 1. The Balaban J connectivity index is 1.45. The lowest BCUT2D eigenvalue weighted by Gasteiger charge is -2.28. The second-order valence-corrected chi connectivity index (χ2v) is 9.85. The van der Waals surface area contributed by atoms with Gasteiger partial charge in [-0.1, -0.05) is 30.3 Å². The number of hydrogen-bond donors (Lipinski definition) is 1. The molecule has 7 nitrogen and oxygen atoms in total. The van der Waals surface area contributed by atoms with Crippen LogP contribution in [-0.4, -0.2) is 46.9 Å². The number of nitrogens with zero attached hydrogens (tertiary/aromatic N) is 2. The van der Waals surface area contributed by atoms with Crippen LogP contribution in [0.2, 0.25) is 0 Å². The van der Waals surface area contributed by atoms with E-state index in [1.165, 1.54) is 0 Å². The largest absolute Gasteiger partial charge is 0.462 e. The Morgan fingerprint density at radius 2 is 1.72 bits per heavy atom. The topological polar surface area (TPSA) is 79.0 Å².